The third-order valence-corrected chi connectivity index (χ3v) is 2.04. The molecule has 1 aromatic carbocycles. The number of hydrogen-bond donors (Lipinski definition) is 1. The molecular formula is C13H17NO2. The lowest BCUT2D eigenvalue weighted by Gasteiger charge is -1.92. The summed E-state index contributed by atoms with van der Waals surface area (Å²) in [6.07, 6.45) is 0. The Kier molecular flexibility index (Phi) is 4.73. The fourth-order valence-corrected chi connectivity index (χ4v) is 1.37. The molecule has 0 unspecified atom stereocenters. The zero-order valence-corrected chi connectivity index (χ0v) is 9.91. The second-order valence-corrected chi connectivity index (χ2v) is 3.10. The minimum atomic E-state index is -0.0244. The molecule has 0 amide bonds. The predicted octanol–water partition coefficient (Wildman–Crippen LogP) is 2.86. The minimum absolute atomic E-state index is 0.0244. The van der Waals surface area contributed by atoms with Gasteiger partial charge < -0.3 is 9.73 Å². The number of benzene rings is 1. The number of carbonyl (C=O) groups is 1. The van der Waals surface area contributed by atoms with E-state index in [1.54, 1.807) is 13.1 Å². The molecule has 3 nitrogen and oxygen atoms in total. The number of hydrogen-bond acceptors (Lipinski definition) is 3. The molecule has 2 rings (SSSR count). The van der Waals surface area contributed by atoms with Crippen molar-refractivity contribution in [1.82, 2.24) is 5.32 Å². The van der Waals surface area contributed by atoms with Gasteiger partial charge >= 0.3 is 0 Å². The summed E-state index contributed by atoms with van der Waals surface area (Å²) in [4.78, 5) is 11.5. The number of fused-ring (bicyclic) bond motifs is 1. The molecule has 0 aliphatic carbocycles. The van der Waals surface area contributed by atoms with E-state index in [0.29, 0.717) is 12.3 Å². The van der Waals surface area contributed by atoms with Gasteiger partial charge in [-0.25, -0.2) is 0 Å². The van der Waals surface area contributed by atoms with Crippen molar-refractivity contribution in [2.45, 2.75) is 13.8 Å². The Morgan fingerprint density at radius 3 is 2.62 bits per heavy atom. The fourth-order valence-electron chi connectivity index (χ4n) is 1.37. The largest absolute Gasteiger partial charge is 0.453 e. The van der Waals surface area contributed by atoms with Crippen LogP contribution in [0.3, 0.4) is 0 Å². The van der Waals surface area contributed by atoms with Crippen LogP contribution < -0.4 is 5.32 Å². The highest BCUT2D eigenvalue weighted by molar-refractivity contribution is 5.98. The maximum Gasteiger partial charge on any atom is 0.211 e. The zero-order valence-electron chi connectivity index (χ0n) is 9.91. The van der Waals surface area contributed by atoms with Gasteiger partial charge in [-0.3, -0.25) is 4.79 Å². The lowest BCUT2D eigenvalue weighted by Crippen LogP contribution is -2.17. The average Bonchev–Trinajstić information content (AvgIpc) is 2.75. The molecule has 0 saturated carbocycles. The second-order valence-electron chi connectivity index (χ2n) is 3.10. The standard InChI is InChI=1S/C11H11NO2.C2H6/c1-12-7-9(13)11-6-8-4-2-3-5-10(8)14-11;1-2/h2-6,12H,7H2,1H3;1-2H3. The Morgan fingerprint density at radius 1 is 1.31 bits per heavy atom. The first kappa shape index (κ1) is 12.5. The van der Waals surface area contributed by atoms with Crippen LogP contribution in [0.4, 0.5) is 0 Å². The Bertz CT molecular complexity index is 427. The van der Waals surface area contributed by atoms with Crippen LogP contribution in [0.15, 0.2) is 34.7 Å². The van der Waals surface area contributed by atoms with Crippen molar-refractivity contribution in [3.63, 3.8) is 0 Å². The summed E-state index contributed by atoms with van der Waals surface area (Å²) in [5.74, 6) is 0.393. The molecule has 0 radical (unpaired) electrons. The van der Waals surface area contributed by atoms with Crippen molar-refractivity contribution < 1.29 is 9.21 Å². The van der Waals surface area contributed by atoms with Gasteiger partial charge in [0.15, 0.2) is 5.76 Å². The van der Waals surface area contributed by atoms with Crippen molar-refractivity contribution in [3.8, 4) is 0 Å². The van der Waals surface area contributed by atoms with E-state index < -0.39 is 0 Å². The summed E-state index contributed by atoms with van der Waals surface area (Å²) < 4.78 is 5.39. The van der Waals surface area contributed by atoms with Gasteiger partial charge in [-0.1, -0.05) is 32.0 Å². The molecule has 1 heterocycles. The number of nitrogens with one attached hydrogen (secondary N) is 1. The quantitative estimate of drug-likeness (QED) is 0.807. The zero-order chi connectivity index (χ0) is 12.0. The van der Waals surface area contributed by atoms with Crippen LogP contribution in [0.25, 0.3) is 11.0 Å². The monoisotopic (exact) mass is 219 g/mol. The van der Waals surface area contributed by atoms with Crippen molar-refractivity contribution >= 4 is 16.8 Å². The van der Waals surface area contributed by atoms with Gasteiger partial charge in [0.2, 0.25) is 5.78 Å². The molecule has 0 fully saturated rings. The molecule has 0 atom stereocenters. The summed E-state index contributed by atoms with van der Waals surface area (Å²) in [7, 11) is 1.74. The highest BCUT2D eigenvalue weighted by Gasteiger charge is 2.10. The van der Waals surface area contributed by atoms with Crippen molar-refractivity contribution in [1.29, 1.82) is 0 Å². The summed E-state index contributed by atoms with van der Waals surface area (Å²) in [5.41, 5.74) is 0.756. The molecule has 0 aliphatic rings. The van der Waals surface area contributed by atoms with E-state index in [1.165, 1.54) is 0 Å². The van der Waals surface area contributed by atoms with E-state index in [0.717, 1.165) is 11.0 Å². The van der Waals surface area contributed by atoms with Crippen LogP contribution in [0.5, 0.6) is 0 Å². The van der Waals surface area contributed by atoms with Crippen LogP contribution in [0.1, 0.15) is 24.4 Å². The minimum Gasteiger partial charge on any atom is -0.453 e. The number of likely N-dealkylation sites (N-methyl/N-ethyl adjacent to an activating group) is 1. The Morgan fingerprint density at radius 2 is 2.00 bits per heavy atom. The first-order valence-corrected chi connectivity index (χ1v) is 5.47. The van der Waals surface area contributed by atoms with Crippen LogP contribution in [0.2, 0.25) is 0 Å². The lowest BCUT2D eigenvalue weighted by molar-refractivity contribution is 0.0969. The molecule has 2 aromatic rings. The smallest absolute Gasteiger partial charge is 0.211 e. The van der Waals surface area contributed by atoms with E-state index in [4.69, 9.17) is 4.42 Å². The van der Waals surface area contributed by atoms with Crippen LogP contribution >= 0.6 is 0 Å². The Hall–Kier alpha value is -1.61. The van der Waals surface area contributed by atoms with Crippen molar-refractivity contribution in [2.24, 2.45) is 0 Å². The normalized spacial score (nSPS) is 9.69. The number of furan rings is 1. The number of para-hydroxylation sites is 1. The average molecular weight is 219 g/mol. The van der Waals surface area contributed by atoms with Gasteiger partial charge in [0.25, 0.3) is 0 Å². The molecule has 1 aromatic heterocycles. The number of rotatable bonds is 3. The van der Waals surface area contributed by atoms with E-state index >= 15 is 0 Å². The molecule has 0 saturated heterocycles. The third-order valence-electron chi connectivity index (χ3n) is 2.04. The molecule has 0 spiro atoms. The topological polar surface area (TPSA) is 42.2 Å². The maximum absolute atomic E-state index is 11.5. The SMILES string of the molecule is CC.CNCC(=O)c1cc2ccccc2o1. The molecule has 1 N–H and O–H groups in total. The molecule has 3 heteroatoms. The lowest BCUT2D eigenvalue weighted by atomic mass is 10.2. The first-order valence-electron chi connectivity index (χ1n) is 5.47. The van der Waals surface area contributed by atoms with Gasteiger partial charge in [-0.15, -0.1) is 0 Å². The molecule has 0 aliphatic heterocycles. The van der Waals surface area contributed by atoms with Crippen LogP contribution in [-0.4, -0.2) is 19.4 Å². The first-order chi connectivity index (χ1) is 7.81. The summed E-state index contributed by atoms with van der Waals surface area (Å²) in [6.45, 7) is 4.31. The van der Waals surface area contributed by atoms with Gasteiger partial charge in [0, 0.05) is 5.39 Å². The van der Waals surface area contributed by atoms with E-state index in [9.17, 15) is 4.79 Å². The third kappa shape index (κ3) is 2.70. The molecule has 0 bridgehead atoms. The summed E-state index contributed by atoms with van der Waals surface area (Å²) in [5, 5.41) is 3.77. The summed E-state index contributed by atoms with van der Waals surface area (Å²) in [6, 6.07) is 9.36. The summed E-state index contributed by atoms with van der Waals surface area (Å²) >= 11 is 0. The van der Waals surface area contributed by atoms with Gasteiger partial charge in [-0.05, 0) is 19.2 Å². The van der Waals surface area contributed by atoms with E-state index in [1.807, 2.05) is 38.1 Å². The number of carbonyl (C=O) groups excluding carboxylic acids is 1. The highest BCUT2D eigenvalue weighted by Crippen LogP contribution is 2.18. The second kappa shape index (κ2) is 6.08. The Labute approximate surface area is 95.4 Å². The molecule has 16 heavy (non-hydrogen) atoms. The van der Waals surface area contributed by atoms with Gasteiger partial charge in [0.1, 0.15) is 5.58 Å². The van der Waals surface area contributed by atoms with E-state index in [-0.39, 0.29) is 5.78 Å². The Balaban J connectivity index is 0.000000606. The fraction of sp³-hybridized carbons (Fsp3) is 0.308. The maximum atomic E-state index is 11.5. The number of ketones is 1. The highest BCUT2D eigenvalue weighted by atomic mass is 16.3. The van der Waals surface area contributed by atoms with Crippen LogP contribution in [-0.2, 0) is 0 Å². The molecular weight excluding hydrogens is 202 g/mol. The van der Waals surface area contributed by atoms with Crippen molar-refractivity contribution in [3.05, 3.63) is 36.1 Å². The number of Topliss-reactive ketones (excluding diaryl/α,β-unsaturated/α-hetero) is 1. The van der Waals surface area contributed by atoms with Crippen LogP contribution in [0, 0.1) is 0 Å². The van der Waals surface area contributed by atoms with Gasteiger partial charge in [-0.2, -0.15) is 0 Å². The molecule has 86 valence electrons. The van der Waals surface area contributed by atoms with E-state index in [2.05, 4.69) is 5.32 Å². The van der Waals surface area contributed by atoms with Gasteiger partial charge in [0.05, 0.1) is 6.54 Å². The predicted molar refractivity (Wildman–Crippen MR) is 65.8 cm³/mol. The van der Waals surface area contributed by atoms with Crippen molar-refractivity contribution in [2.75, 3.05) is 13.6 Å².